The Morgan fingerprint density at radius 3 is 3.00 bits per heavy atom. The van der Waals surface area contributed by atoms with Crippen molar-refractivity contribution in [3.8, 4) is 0 Å². The smallest absolute Gasteiger partial charge is 0.00770 e. The van der Waals surface area contributed by atoms with Gasteiger partial charge in [0.15, 0.2) is 0 Å². The first kappa shape index (κ1) is 5.69. The molecule has 1 radical (unpaired) electrons. The second-order valence-electron chi connectivity index (χ2n) is 2.95. The highest BCUT2D eigenvalue weighted by Crippen LogP contribution is 2.23. The van der Waals surface area contributed by atoms with Gasteiger partial charge in [0.25, 0.3) is 0 Å². The van der Waals surface area contributed by atoms with E-state index in [1.54, 1.807) is 5.92 Å². The summed E-state index contributed by atoms with van der Waals surface area (Å²) >= 11 is 0. The van der Waals surface area contributed by atoms with Gasteiger partial charge in [0, 0.05) is 19.0 Å². The molecular weight excluding hydrogens is 112 g/mol. The molecule has 51 valence electrons. The van der Waals surface area contributed by atoms with Gasteiger partial charge in [-0.15, -0.1) is 0 Å². The molecule has 0 aromatic heterocycles. The fourth-order valence-electron chi connectivity index (χ4n) is 1.73. The van der Waals surface area contributed by atoms with E-state index in [2.05, 4.69) is 10.6 Å². The average Bonchev–Trinajstić information content (AvgIpc) is 2.33. The van der Waals surface area contributed by atoms with E-state index in [1.807, 2.05) is 0 Å². The number of hydrogen-bond donors (Lipinski definition) is 2. The molecule has 2 aliphatic heterocycles. The molecule has 0 aromatic rings. The first-order valence-electron chi connectivity index (χ1n) is 3.73. The number of rotatable bonds is 0. The van der Waals surface area contributed by atoms with E-state index in [-0.39, 0.29) is 0 Å². The molecule has 2 heterocycles. The second-order valence-corrected chi connectivity index (χ2v) is 2.95. The first-order valence-corrected chi connectivity index (χ1v) is 3.73. The van der Waals surface area contributed by atoms with E-state index < -0.39 is 0 Å². The Labute approximate surface area is 56.0 Å². The summed E-state index contributed by atoms with van der Waals surface area (Å²) in [5, 5.41) is 6.77. The SMILES string of the molecule is C1CC2CNC[C]2CN1. The van der Waals surface area contributed by atoms with Crippen LogP contribution in [0.15, 0.2) is 0 Å². The van der Waals surface area contributed by atoms with Crippen molar-refractivity contribution in [2.24, 2.45) is 5.92 Å². The number of hydrogen-bond acceptors (Lipinski definition) is 2. The molecule has 0 bridgehead atoms. The molecule has 2 aliphatic rings. The number of piperidine rings is 1. The maximum absolute atomic E-state index is 3.39. The van der Waals surface area contributed by atoms with Crippen LogP contribution in [0, 0.1) is 11.8 Å². The third kappa shape index (κ3) is 0.970. The number of fused-ring (bicyclic) bond motifs is 1. The zero-order valence-electron chi connectivity index (χ0n) is 5.61. The normalized spacial score (nSPS) is 36.7. The van der Waals surface area contributed by atoms with Gasteiger partial charge < -0.3 is 10.6 Å². The highest BCUT2D eigenvalue weighted by Gasteiger charge is 2.29. The van der Waals surface area contributed by atoms with Gasteiger partial charge in [-0.25, -0.2) is 0 Å². The van der Waals surface area contributed by atoms with Gasteiger partial charge in [0.1, 0.15) is 0 Å². The van der Waals surface area contributed by atoms with E-state index in [1.165, 1.54) is 19.5 Å². The van der Waals surface area contributed by atoms with E-state index in [4.69, 9.17) is 0 Å². The zero-order valence-corrected chi connectivity index (χ0v) is 5.61. The molecule has 2 nitrogen and oxygen atoms in total. The second kappa shape index (κ2) is 2.27. The highest BCUT2D eigenvalue weighted by atomic mass is 15.0. The minimum atomic E-state index is 0.909. The van der Waals surface area contributed by atoms with Crippen LogP contribution < -0.4 is 10.6 Å². The third-order valence-electron chi connectivity index (χ3n) is 2.34. The molecule has 1 unspecified atom stereocenters. The van der Waals surface area contributed by atoms with E-state index >= 15 is 0 Å². The van der Waals surface area contributed by atoms with Crippen LogP contribution in [0.5, 0.6) is 0 Å². The van der Waals surface area contributed by atoms with E-state index in [0.29, 0.717) is 0 Å². The van der Waals surface area contributed by atoms with E-state index in [9.17, 15) is 0 Å². The van der Waals surface area contributed by atoms with Crippen LogP contribution in [0.1, 0.15) is 6.42 Å². The van der Waals surface area contributed by atoms with Crippen molar-refractivity contribution < 1.29 is 0 Å². The molecule has 1 atom stereocenters. The van der Waals surface area contributed by atoms with Crippen LogP contribution >= 0.6 is 0 Å². The predicted molar refractivity (Wildman–Crippen MR) is 37.1 cm³/mol. The summed E-state index contributed by atoms with van der Waals surface area (Å²) in [6.07, 6.45) is 1.35. The molecule has 2 saturated heterocycles. The molecule has 0 aliphatic carbocycles. The molecular formula is C7H13N2. The molecule has 2 rings (SSSR count). The summed E-state index contributed by atoms with van der Waals surface area (Å²) in [5.74, 6) is 2.60. The molecule has 0 amide bonds. The van der Waals surface area contributed by atoms with Crippen molar-refractivity contribution in [3.63, 3.8) is 0 Å². The van der Waals surface area contributed by atoms with Gasteiger partial charge in [-0.3, -0.25) is 0 Å². The highest BCUT2D eigenvalue weighted by molar-refractivity contribution is 5.08. The topological polar surface area (TPSA) is 24.1 Å². The van der Waals surface area contributed by atoms with Gasteiger partial charge in [0.2, 0.25) is 0 Å². The molecule has 0 spiro atoms. The van der Waals surface area contributed by atoms with Crippen LogP contribution in [0.2, 0.25) is 0 Å². The molecule has 2 fully saturated rings. The van der Waals surface area contributed by atoms with E-state index in [0.717, 1.165) is 19.0 Å². The quantitative estimate of drug-likeness (QED) is 0.467. The molecule has 0 saturated carbocycles. The Bertz CT molecular complexity index is 91.1. The fourth-order valence-corrected chi connectivity index (χ4v) is 1.73. The summed E-state index contributed by atoms with van der Waals surface area (Å²) in [5.41, 5.74) is 0. The molecule has 2 heteroatoms. The Morgan fingerprint density at radius 1 is 1.22 bits per heavy atom. The summed E-state index contributed by atoms with van der Waals surface area (Å²) < 4.78 is 0. The van der Waals surface area contributed by atoms with Crippen LogP contribution in [0.4, 0.5) is 0 Å². The van der Waals surface area contributed by atoms with Crippen molar-refractivity contribution in [2.45, 2.75) is 6.42 Å². The lowest BCUT2D eigenvalue weighted by Crippen LogP contribution is -2.34. The Morgan fingerprint density at radius 2 is 2.11 bits per heavy atom. The van der Waals surface area contributed by atoms with Crippen LogP contribution in [-0.4, -0.2) is 26.2 Å². The summed E-state index contributed by atoms with van der Waals surface area (Å²) in [6, 6.07) is 0. The Kier molecular flexibility index (Phi) is 1.44. The van der Waals surface area contributed by atoms with Gasteiger partial charge in [-0.2, -0.15) is 0 Å². The monoisotopic (exact) mass is 125 g/mol. The molecule has 0 aromatic carbocycles. The number of nitrogens with one attached hydrogen (secondary N) is 2. The zero-order chi connectivity index (χ0) is 6.10. The summed E-state index contributed by atoms with van der Waals surface area (Å²) in [7, 11) is 0. The summed E-state index contributed by atoms with van der Waals surface area (Å²) in [4.78, 5) is 0. The predicted octanol–water partition coefficient (Wildman–Crippen LogP) is -0.226. The fraction of sp³-hybridized carbons (Fsp3) is 0.857. The van der Waals surface area contributed by atoms with Crippen molar-refractivity contribution >= 4 is 0 Å². The molecule has 9 heavy (non-hydrogen) atoms. The maximum Gasteiger partial charge on any atom is 0.00770 e. The summed E-state index contributed by atoms with van der Waals surface area (Å²) in [6.45, 7) is 4.78. The Balaban J connectivity index is 1.97. The van der Waals surface area contributed by atoms with Gasteiger partial charge in [0.05, 0.1) is 0 Å². The van der Waals surface area contributed by atoms with Crippen molar-refractivity contribution in [1.82, 2.24) is 10.6 Å². The minimum Gasteiger partial charge on any atom is -0.316 e. The van der Waals surface area contributed by atoms with Crippen LogP contribution in [0.3, 0.4) is 0 Å². The van der Waals surface area contributed by atoms with Gasteiger partial charge in [-0.05, 0) is 25.4 Å². The average molecular weight is 125 g/mol. The van der Waals surface area contributed by atoms with Crippen molar-refractivity contribution in [1.29, 1.82) is 0 Å². The lowest BCUT2D eigenvalue weighted by Gasteiger charge is -2.23. The first-order chi connectivity index (χ1) is 4.47. The lowest BCUT2D eigenvalue weighted by molar-refractivity contribution is 0.453. The lowest BCUT2D eigenvalue weighted by atomic mass is 9.90. The van der Waals surface area contributed by atoms with Gasteiger partial charge in [-0.1, -0.05) is 0 Å². The van der Waals surface area contributed by atoms with Crippen LogP contribution in [-0.2, 0) is 0 Å². The largest absolute Gasteiger partial charge is 0.316 e. The van der Waals surface area contributed by atoms with Crippen molar-refractivity contribution in [2.75, 3.05) is 26.2 Å². The third-order valence-corrected chi connectivity index (χ3v) is 2.34. The minimum absolute atomic E-state index is 0.909. The van der Waals surface area contributed by atoms with Crippen molar-refractivity contribution in [3.05, 3.63) is 5.92 Å². The van der Waals surface area contributed by atoms with Gasteiger partial charge >= 0.3 is 0 Å². The maximum atomic E-state index is 3.39. The Hall–Kier alpha value is -0.0800. The molecule has 2 N–H and O–H groups in total. The van der Waals surface area contributed by atoms with Crippen LogP contribution in [0.25, 0.3) is 0 Å². The standard InChI is InChI=1S/C7H13N2/c1-2-8-4-7-5-9-3-6(1)7/h6,8-9H,1-5H2.